The van der Waals surface area contributed by atoms with Crippen molar-refractivity contribution in [2.75, 3.05) is 0 Å². The SMILES string of the molecule is CC(C)[C@H]1CC[C@H](C(C)(C)C(=O)O)CC1. The molecule has 0 unspecified atom stereocenters. The maximum Gasteiger partial charge on any atom is 0.309 e. The molecule has 15 heavy (non-hydrogen) atoms. The van der Waals surface area contributed by atoms with E-state index in [4.69, 9.17) is 5.11 Å². The van der Waals surface area contributed by atoms with Crippen LogP contribution in [0.3, 0.4) is 0 Å². The van der Waals surface area contributed by atoms with Gasteiger partial charge in [-0.1, -0.05) is 13.8 Å². The molecule has 0 heterocycles. The van der Waals surface area contributed by atoms with Crippen molar-refractivity contribution in [1.82, 2.24) is 0 Å². The highest BCUT2D eigenvalue weighted by Gasteiger charge is 2.39. The fourth-order valence-electron chi connectivity index (χ4n) is 2.68. The van der Waals surface area contributed by atoms with Gasteiger partial charge in [0.25, 0.3) is 0 Å². The number of aliphatic carboxylic acids is 1. The van der Waals surface area contributed by atoms with Crippen molar-refractivity contribution in [3.63, 3.8) is 0 Å². The summed E-state index contributed by atoms with van der Waals surface area (Å²) < 4.78 is 0. The normalized spacial score (nSPS) is 28.1. The van der Waals surface area contributed by atoms with Gasteiger partial charge in [0.05, 0.1) is 5.41 Å². The molecule has 0 aromatic heterocycles. The van der Waals surface area contributed by atoms with Crippen LogP contribution in [-0.4, -0.2) is 11.1 Å². The third-order valence-electron chi connectivity index (χ3n) is 4.29. The Morgan fingerprint density at radius 3 is 2.00 bits per heavy atom. The summed E-state index contributed by atoms with van der Waals surface area (Å²) in [4.78, 5) is 11.1. The van der Waals surface area contributed by atoms with Crippen molar-refractivity contribution < 1.29 is 9.90 Å². The van der Waals surface area contributed by atoms with Crippen LogP contribution >= 0.6 is 0 Å². The minimum absolute atomic E-state index is 0.366. The first kappa shape index (κ1) is 12.5. The lowest BCUT2D eigenvalue weighted by Gasteiger charge is -2.37. The second-order valence-electron chi connectivity index (χ2n) is 5.88. The van der Waals surface area contributed by atoms with Crippen molar-refractivity contribution in [3.8, 4) is 0 Å². The molecule has 0 aliphatic heterocycles. The van der Waals surface area contributed by atoms with Crippen molar-refractivity contribution in [3.05, 3.63) is 0 Å². The van der Waals surface area contributed by atoms with E-state index in [1.807, 2.05) is 13.8 Å². The summed E-state index contributed by atoms with van der Waals surface area (Å²) >= 11 is 0. The second-order valence-corrected chi connectivity index (χ2v) is 5.88. The maximum absolute atomic E-state index is 11.1. The average Bonchev–Trinajstić information content (AvgIpc) is 2.17. The predicted octanol–water partition coefficient (Wildman–Crippen LogP) is 3.56. The van der Waals surface area contributed by atoms with Gasteiger partial charge in [-0.05, 0) is 57.3 Å². The number of rotatable bonds is 3. The van der Waals surface area contributed by atoms with E-state index in [9.17, 15) is 4.79 Å². The first-order valence-corrected chi connectivity index (χ1v) is 6.09. The highest BCUT2D eigenvalue weighted by atomic mass is 16.4. The van der Waals surface area contributed by atoms with E-state index in [-0.39, 0.29) is 0 Å². The molecule has 0 aromatic rings. The maximum atomic E-state index is 11.1. The van der Waals surface area contributed by atoms with E-state index < -0.39 is 11.4 Å². The van der Waals surface area contributed by atoms with Gasteiger partial charge in [0, 0.05) is 0 Å². The topological polar surface area (TPSA) is 37.3 Å². The minimum atomic E-state index is -0.643. The molecule has 0 aromatic carbocycles. The Hall–Kier alpha value is -0.530. The Bertz CT molecular complexity index is 223. The second kappa shape index (κ2) is 4.54. The van der Waals surface area contributed by atoms with Crippen LogP contribution in [0.2, 0.25) is 0 Å². The van der Waals surface area contributed by atoms with Gasteiger partial charge in [-0.3, -0.25) is 4.79 Å². The summed E-state index contributed by atoms with van der Waals surface area (Å²) in [6.07, 6.45) is 4.59. The molecule has 0 radical (unpaired) electrons. The van der Waals surface area contributed by atoms with Crippen LogP contribution in [-0.2, 0) is 4.79 Å². The molecule has 0 amide bonds. The van der Waals surface area contributed by atoms with Gasteiger partial charge in [0.2, 0.25) is 0 Å². The molecule has 2 heteroatoms. The first-order chi connectivity index (χ1) is 6.85. The molecule has 0 atom stereocenters. The molecule has 1 aliphatic carbocycles. The highest BCUT2D eigenvalue weighted by molar-refractivity contribution is 5.74. The van der Waals surface area contributed by atoms with Crippen LogP contribution in [0.5, 0.6) is 0 Å². The molecular weight excluding hydrogens is 188 g/mol. The van der Waals surface area contributed by atoms with E-state index in [1.165, 1.54) is 12.8 Å². The van der Waals surface area contributed by atoms with Gasteiger partial charge < -0.3 is 5.11 Å². The van der Waals surface area contributed by atoms with Gasteiger partial charge >= 0.3 is 5.97 Å². The molecule has 0 bridgehead atoms. The molecule has 1 aliphatic rings. The lowest BCUT2D eigenvalue weighted by molar-refractivity contribution is -0.151. The highest BCUT2D eigenvalue weighted by Crippen LogP contribution is 2.42. The van der Waals surface area contributed by atoms with Crippen molar-refractivity contribution >= 4 is 5.97 Å². The number of carbonyl (C=O) groups is 1. The molecule has 1 saturated carbocycles. The molecule has 1 fully saturated rings. The lowest BCUT2D eigenvalue weighted by Crippen LogP contribution is -2.35. The Labute approximate surface area is 93.1 Å². The fourth-order valence-corrected chi connectivity index (χ4v) is 2.68. The first-order valence-electron chi connectivity index (χ1n) is 6.09. The minimum Gasteiger partial charge on any atom is -0.481 e. The summed E-state index contributed by atoms with van der Waals surface area (Å²) in [5.74, 6) is 1.28. The zero-order valence-corrected chi connectivity index (χ0v) is 10.4. The summed E-state index contributed by atoms with van der Waals surface area (Å²) in [6, 6.07) is 0. The van der Waals surface area contributed by atoms with Crippen LogP contribution in [0.1, 0.15) is 53.4 Å². The van der Waals surface area contributed by atoms with Crippen LogP contribution in [0.4, 0.5) is 0 Å². The summed E-state index contributed by atoms with van der Waals surface area (Å²) in [5, 5.41) is 9.17. The Morgan fingerprint density at radius 1 is 1.20 bits per heavy atom. The summed E-state index contributed by atoms with van der Waals surface area (Å²) in [5.41, 5.74) is -0.540. The average molecular weight is 212 g/mol. The van der Waals surface area contributed by atoms with Crippen LogP contribution in [0.15, 0.2) is 0 Å². The zero-order valence-electron chi connectivity index (χ0n) is 10.4. The number of carboxylic acids is 1. The predicted molar refractivity (Wildman–Crippen MR) is 61.7 cm³/mol. The lowest BCUT2D eigenvalue weighted by atomic mass is 9.67. The monoisotopic (exact) mass is 212 g/mol. The van der Waals surface area contributed by atoms with Gasteiger partial charge in [0.15, 0.2) is 0 Å². The zero-order chi connectivity index (χ0) is 11.6. The van der Waals surface area contributed by atoms with Crippen LogP contribution in [0.25, 0.3) is 0 Å². The Balaban J connectivity index is 2.54. The van der Waals surface area contributed by atoms with Crippen molar-refractivity contribution in [2.45, 2.75) is 53.4 Å². The standard InChI is InChI=1S/C13H24O2/c1-9(2)10-5-7-11(8-6-10)13(3,4)12(14)15/h9-11H,5-8H2,1-4H3,(H,14,15)/t10-,11-. The van der Waals surface area contributed by atoms with E-state index in [2.05, 4.69) is 13.8 Å². The van der Waals surface area contributed by atoms with E-state index >= 15 is 0 Å². The van der Waals surface area contributed by atoms with Crippen molar-refractivity contribution in [2.24, 2.45) is 23.2 Å². The third kappa shape index (κ3) is 2.73. The smallest absolute Gasteiger partial charge is 0.309 e. The number of carboxylic acid groups (broad SMARTS) is 1. The molecule has 2 nitrogen and oxygen atoms in total. The third-order valence-corrected chi connectivity index (χ3v) is 4.29. The molecule has 1 N–H and O–H groups in total. The molecule has 1 rings (SSSR count). The van der Waals surface area contributed by atoms with Gasteiger partial charge in [-0.2, -0.15) is 0 Å². The van der Waals surface area contributed by atoms with Crippen LogP contribution in [0, 0.1) is 23.2 Å². The van der Waals surface area contributed by atoms with Gasteiger partial charge in [0.1, 0.15) is 0 Å². The molecule has 0 spiro atoms. The summed E-state index contributed by atoms with van der Waals surface area (Å²) in [6.45, 7) is 8.28. The number of hydrogen-bond donors (Lipinski definition) is 1. The van der Waals surface area contributed by atoms with Gasteiger partial charge in [-0.25, -0.2) is 0 Å². The van der Waals surface area contributed by atoms with E-state index in [0.29, 0.717) is 5.92 Å². The van der Waals surface area contributed by atoms with E-state index in [0.717, 1.165) is 24.7 Å². The Kier molecular flexibility index (Phi) is 3.80. The largest absolute Gasteiger partial charge is 0.481 e. The summed E-state index contributed by atoms with van der Waals surface area (Å²) in [7, 11) is 0. The fraction of sp³-hybridized carbons (Fsp3) is 0.923. The van der Waals surface area contributed by atoms with Crippen molar-refractivity contribution in [1.29, 1.82) is 0 Å². The quantitative estimate of drug-likeness (QED) is 0.776. The van der Waals surface area contributed by atoms with E-state index in [1.54, 1.807) is 0 Å². The molecule has 88 valence electrons. The molecular formula is C13H24O2. The van der Waals surface area contributed by atoms with Gasteiger partial charge in [-0.15, -0.1) is 0 Å². The van der Waals surface area contributed by atoms with Crippen LogP contribution < -0.4 is 0 Å². The molecule has 0 saturated heterocycles. The number of hydrogen-bond acceptors (Lipinski definition) is 1. The Morgan fingerprint density at radius 2 is 1.67 bits per heavy atom.